The number of rotatable bonds is 1. The monoisotopic (exact) mass is 188 g/mol. The van der Waals surface area contributed by atoms with E-state index < -0.39 is 0 Å². The number of nitrogens with zero attached hydrogens (tertiary/aromatic N) is 2. The lowest BCUT2D eigenvalue weighted by atomic mass is 10.3. The van der Waals surface area contributed by atoms with Crippen molar-refractivity contribution in [1.29, 1.82) is 0 Å². The minimum Gasteiger partial charge on any atom is -0.504 e. The molecule has 0 aliphatic carbocycles. The van der Waals surface area contributed by atoms with Crippen LogP contribution in [-0.4, -0.2) is 14.5 Å². The van der Waals surface area contributed by atoms with E-state index in [1.807, 2.05) is 0 Å². The fourth-order valence-corrected chi connectivity index (χ4v) is 1.25. The maximum atomic E-state index is 11.7. The number of aromatic hydroxyl groups is 1. The predicted octanol–water partition coefficient (Wildman–Crippen LogP) is 1.04. The van der Waals surface area contributed by atoms with E-state index in [-0.39, 0.29) is 17.0 Å². The molecule has 1 N–H and O–H groups in total. The van der Waals surface area contributed by atoms with E-state index in [2.05, 4.69) is 11.6 Å². The Morgan fingerprint density at radius 2 is 2.36 bits per heavy atom. The molecule has 0 aliphatic rings. The second-order valence-corrected chi connectivity index (χ2v) is 2.81. The highest BCUT2D eigenvalue weighted by Crippen LogP contribution is 2.12. The van der Waals surface area contributed by atoms with Gasteiger partial charge in [-0.25, -0.2) is 4.98 Å². The summed E-state index contributed by atoms with van der Waals surface area (Å²) < 4.78 is 1.28. The molecule has 0 fully saturated rings. The van der Waals surface area contributed by atoms with E-state index in [1.165, 1.54) is 22.7 Å². The van der Waals surface area contributed by atoms with Crippen molar-refractivity contribution in [2.24, 2.45) is 0 Å². The normalized spacial score (nSPS) is 10.3. The van der Waals surface area contributed by atoms with Crippen LogP contribution in [0, 0.1) is 0 Å². The van der Waals surface area contributed by atoms with Gasteiger partial charge in [0.25, 0.3) is 5.56 Å². The van der Waals surface area contributed by atoms with Crippen molar-refractivity contribution in [1.82, 2.24) is 9.38 Å². The summed E-state index contributed by atoms with van der Waals surface area (Å²) in [7, 11) is 0. The van der Waals surface area contributed by atoms with E-state index in [1.54, 1.807) is 12.3 Å². The summed E-state index contributed by atoms with van der Waals surface area (Å²) in [6.07, 6.45) is 4.38. The molecule has 0 aliphatic heterocycles. The van der Waals surface area contributed by atoms with Gasteiger partial charge in [-0.05, 0) is 12.1 Å². The maximum Gasteiger partial charge on any atom is 0.265 e. The quantitative estimate of drug-likeness (QED) is 0.727. The molecule has 70 valence electrons. The fourth-order valence-electron chi connectivity index (χ4n) is 1.25. The minimum atomic E-state index is -0.235. The lowest BCUT2D eigenvalue weighted by Crippen LogP contribution is -2.16. The molecule has 0 spiro atoms. The van der Waals surface area contributed by atoms with Crippen LogP contribution < -0.4 is 5.56 Å². The summed E-state index contributed by atoms with van der Waals surface area (Å²) in [5.74, 6) is -0.0137. The largest absolute Gasteiger partial charge is 0.504 e. The molecule has 2 aromatic heterocycles. The molecule has 2 rings (SSSR count). The highest BCUT2D eigenvalue weighted by Gasteiger charge is 2.04. The van der Waals surface area contributed by atoms with Gasteiger partial charge in [0.05, 0.1) is 5.56 Å². The van der Waals surface area contributed by atoms with E-state index in [4.69, 9.17) is 0 Å². The summed E-state index contributed by atoms with van der Waals surface area (Å²) in [5.41, 5.74) is 0.428. The van der Waals surface area contributed by atoms with Crippen LogP contribution in [0.15, 0.2) is 35.9 Å². The molecule has 4 heteroatoms. The van der Waals surface area contributed by atoms with Crippen LogP contribution in [0.2, 0.25) is 0 Å². The third-order valence-corrected chi connectivity index (χ3v) is 1.96. The van der Waals surface area contributed by atoms with E-state index in [0.717, 1.165) is 0 Å². The first-order valence-electron chi connectivity index (χ1n) is 4.06. The number of hydrogen-bond acceptors (Lipinski definition) is 3. The number of pyridine rings is 1. The molecule has 4 nitrogen and oxygen atoms in total. The van der Waals surface area contributed by atoms with Gasteiger partial charge in [-0.3, -0.25) is 9.20 Å². The summed E-state index contributed by atoms with van der Waals surface area (Å²) in [5, 5.41) is 9.41. The highest BCUT2D eigenvalue weighted by atomic mass is 16.3. The first-order valence-corrected chi connectivity index (χ1v) is 4.06. The Balaban J connectivity index is 2.98. The molecule has 0 radical (unpaired) electrons. The Morgan fingerprint density at radius 1 is 1.57 bits per heavy atom. The Bertz CT molecular complexity index is 558. The zero-order valence-corrected chi connectivity index (χ0v) is 7.34. The first kappa shape index (κ1) is 8.50. The van der Waals surface area contributed by atoms with Crippen molar-refractivity contribution in [2.75, 3.05) is 0 Å². The summed E-state index contributed by atoms with van der Waals surface area (Å²) >= 11 is 0. The van der Waals surface area contributed by atoms with Crippen LogP contribution in [0.5, 0.6) is 5.75 Å². The molecule has 0 saturated carbocycles. The van der Waals surface area contributed by atoms with E-state index >= 15 is 0 Å². The molecule has 0 atom stereocenters. The van der Waals surface area contributed by atoms with Crippen LogP contribution in [0.25, 0.3) is 11.7 Å². The van der Waals surface area contributed by atoms with Crippen LogP contribution in [-0.2, 0) is 0 Å². The van der Waals surface area contributed by atoms with Gasteiger partial charge < -0.3 is 5.11 Å². The second-order valence-electron chi connectivity index (χ2n) is 2.81. The molecule has 0 unspecified atom stereocenters. The second kappa shape index (κ2) is 2.99. The zero-order chi connectivity index (χ0) is 10.1. The molecule has 2 heterocycles. The van der Waals surface area contributed by atoms with Gasteiger partial charge in [-0.1, -0.05) is 12.7 Å². The van der Waals surface area contributed by atoms with Gasteiger partial charge in [0.15, 0.2) is 11.4 Å². The summed E-state index contributed by atoms with van der Waals surface area (Å²) in [6.45, 7) is 3.51. The van der Waals surface area contributed by atoms with Crippen LogP contribution in [0.1, 0.15) is 5.56 Å². The standard InChI is InChI=1S/C10H8N2O2/c1-2-7-6-11-9-8(13)4-3-5-12(9)10(7)14/h2-6,13H,1H2. The van der Waals surface area contributed by atoms with Gasteiger partial charge in [0.1, 0.15) is 0 Å². The molecule has 2 aromatic rings. The molecule has 0 saturated heterocycles. The molecular formula is C10H8N2O2. The minimum absolute atomic E-state index is 0.0137. The zero-order valence-electron chi connectivity index (χ0n) is 7.34. The van der Waals surface area contributed by atoms with Crippen molar-refractivity contribution in [3.63, 3.8) is 0 Å². The molecular weight excluding hydrogens is 180 g/mol. The molecule has 0 aromatic carbocycles. The van der Waals surface area contributed by atoms with Crippen molar-refractivity contribution in [3.05, 3.63) is 47.0 Å². The Labute approximate surface area is 79.8 Å². The van der Waals surface area contributed by atoms with E-state index in [0.29, 0.717) is 5.56 Å². The Kier molecular flexibility index (Phi) is 1.81. The average Bonchev–Trinajstić information content (AvgIpc) is 2.20. The Hall–Kier alpha value is -2.10. The number of fused-ring (bicyclic) bond motifs is 1. The van der Waals surface area contributed by atoms with Crippen LogP contribution in [0.4, 0.5) is 0 Å². The van der Waals surface area contributed by atoms with Crippen LogP contribution in [0.3, 0.4) is 0 Å². The van der Waals surface area contributed by atoms with Gasteiger partial charge in [-0.15, -0.1) is 0 Å². The fraction of sp³-hybridized carbons (Fsp3) is 0. The van der Waals surface area contributed by atoms with Gasteiger partial charge in [0.2, 0.25) is 0 Å². The summed E-state index contributed by atoms with van der Waals surface area (Å²) in [4.78, 5) is 15.6. The molecule has 14 heavy (non-hydrogen) atoms. The Morgan fingerprint density at radius 3 is 3.07 bits per heavy atom. The average molecular weight is 188 g/mol. The van der Waals surface area contributed by atoms with Crippen LogP contribution >= 0.6 is 0 Å². The third kappa shape index (κ3) is 1.08. The van der Waals surface area contributed by atoms with Gasteiger partial charge >= 0.3 is 0 Å². The number of aromatic nitrogens is 2. The first-order chi connectivity index (χ1) is 6.74. The number of hydrogen-bond donors (Lipinski definition) is 1. The van der Waals surface area contributed by atoms with Gasteiger partial charge in [-0.2, -0.15) is 0 Å². The lowest BCUT2D eigenvalue weighted by Gasteiger charge is -2.01. The predicted molar refractivity (Wildman–Crippen MR) is 53.2 cm³/mol. The molecule has 0 amide bonds. The maximum absolute atomic E-state index is 11.7. The third-order valence-electron chi connectivity index (χ3n) is 1.96. The van der Waals surface area contributed by atoms with Crippen molar-refractivity contribution >= 4 is 11.7 Å². The SMILES string of the molecule is C=Cc1cnc2c(O)cccn2c1=O. The van der Waals surface area contributed by atoms with Crippen molar-refractivity contribution in [3.8, 4) is 5.75 Å². The van der Waals surface area contributed by atoms with Crippen molar-refractivity contribution in [2.45, 2.75) is 0 Å². The summed E-state index contributed by atoms with van der Waals surface area (Å²) in [6, 6.07) is 3.06. The van der Waals surface area contributed by atoms with E-state index in [9.17, 15) is 9.90 Å². The lowest BCUT2D eigenvalue weighted by molar-refractivity contribution is 0.476. The topological polar surface area (TPSA) is 54.6 Å². The smallest absolute Gasteiger partial charge is 0.265 e. The molecule has 0 bridgehead atoms. The highest BCUT2D eigenvalue weighted by molar-refractivity contribution is 5.55. The van der Waals surface area contributed by atoms with Gasteiger partial charge in [0, 0.05) is 12.4 Å². The van der Waals surface area contributed by atoms with Crippen molar-refractivity contribution < 1.29 is 5.11 Å².